The van der Waals surface area contributed by atoms with Crippen LogP contribution in [0.5, 0.6) is 0 Å². The molecule has 2 aromatic rings. The number of halogens is 1. The molecular formula is C12H13ClN4O2S. The van der Waals surface area contributed by atoms with E-state index in [1.165, 1.54) is 11.3 Å². The molecule has 20 heavy (non-hydrogen) atoms. The molecule has 1 aromatic carbocycles. The summed E-state index contributed by atoms with van der Waals surface area (Å²) >= 11 is 7.11. The van der Waals surface area contributed by atoms with Gasteiger partial charge in [0.2, 0.25) is 5.13 Å². The number of aromatic nitrogens is 2. The molecule has 0 aliphatic heterocycles. The number of hydrogen-bond acceptors (Lipinski definition) is 5. The lowest BCUT2D eigenvalue weighted by molar-refractivity contribution is 0.175. The van der Waals surface area contributed by atoms with Gasteiger partial charge in [0.25, 0.3) is 0 Å². The van der Waals surface area contributed by atoms with Crippen molar-refractivity contribution in [3.05, 3.63) is 39.9 Å². The SMILES string of the molecule is Cc1nnc(NC(=O)NC[C@H](O)c2cccc(Cl)c2)s1. The molecule has 1 heterocycles. The van der Waals surface area contributed by atoms with Crippen molar-refractivity contribution in [1.29, 1.82) is 0 Å². The summed E-state index contributed by atoms with van der Waals surface area (Å²) in [6, 6.07) is 6.41. The monoisotopic (exact) mass is 312 g/mol. The second kappa shape index (κ2) is 6.65. The summed E-state index contributed by atoms with van der Waals surface area (Å²) in [4.78, 5) is 11.6. The van der Waals surface area contributed by atoms with Crippen LogP contribution in [0.1, 0.15) is 16.7 Å². The summed E-state index contributed by atoms with van der Waals surface area (Å²) in [7, 11) is 0. The fourth-order valence-corrected chi connectivity index (χ4v) is 2.30. The molecule has 1 atom stereocenters. The van der Waals surface area contributed by atoms with Crippen LogP contribution in [0.4, 0.5) is 9.93 Å². The number of aliphatic hydroxyl groups excluding tert-OH is 1. The van der Waals surface area contributed by atoms with Crippen LogP contribution in [0.25, 0.3) is 0 Å². The number of nitrogens with zero attached hydrogens (tertiary/aromatic N) is 2. The predicted octanol–water partition coefficient (Wildman–Crippen LogP) is 2.36. The van der Waals surface area contributed by atoms with E-state index in [1.807, 2.05) is 0 Å². The van der Waals surface area contributed by atoms with E-state index in [-0.39, 0.29) is 6.54 Å². The molecule has 2 rings (SSSR count). The van der Waals surface area contributed by atoms with Gasteiger partial charge in [0.1, 0.15) is 5.01 Å². The lowest BCUT2D eigenvalue weighted by Gasteiger charge is -2.12. The van der Waals surface area contributed by atoms with E-state index in [1.54, 1.807) is 31.2 Å². The number of benzene rings is 1. The van der Waals surface area contributed by atoms with Crippen molar-refractivity contribution in [3.8, 4) is 0 Å². The molecule has 0 saturated heterocycles. The van der Waals surface area contributed by atoms with Gasteiger partial charge in [-0.2, -0.15) is 0 Å². The van der Waals surface area contributed by atoms with E-state index in [4.69, 9.17) is 11.6 Å². The van der Waals surface area contributed by atoms with Gasteiger partial charge >= 0.3 is 6.03 Å². The first kappa shape index (κ1) is 14.7. The molecule has 6 nitrogen and oxygen atoms in total. The number of aryl methyl sites for hydroxylation is 1. The average molecular weight is 313 g/mol. The molecule has 0 saturated carbocycles. The van der Waals surface area contributed by atoms with Crippen LogP contribution in [-0.2, 0) is 0 Å². The third-order valence-electron chi connectivity index (χ3n) is 2.44. The van der Waals surface area contributed by atoms with Gasteiger partial charge in [-0.15, -0.1) is 10.2 Å². The lowest BCUT2D eigenvalue weighted by atomic mass is 10.1. The molecule has 0 fully saturated rings. The quantitative estimate of drug-likeness (QED) is 0.808. The molecule has 8 heteroatoms. The maximum absolute atomic E-state index is 11.6. The molecule has 0 aliphatic carbocycles. The van der Waals surface area contributed by atoms with Crippen LogP contribution in [-0.4, -0.2) is 27.9 Å². The first-order valence-corrected chi connectivity index (χ1v) is 7.02. The summed E-state index contributed by atoms with van der Waals surface area (Å²) < 4.78 is 0. The van der Waals surface area contributed by atoms with Crippen LogP contribution in [0.2, 0.25) is 5.02 Å². The topological polar surface area (TPSA) is 87.1 Å². The van der Waals surface area contributed by atoms with Gasteiger partial charge in [-0.3, -0.25) is 5.32 Å². The van der Waals surface area contributed by atoms with Gasteiger partial charge in [0, 0.05) is 11.6 Å². The summed E-state index contributed by atoms with van der Waals surface area (Å²) in [6.07, 6.45) is -0.824. The zero-order valence-corrected chi connectivity index (χ0v) is 12.2. The fraction of sp³-hybridized carbons (Fsp3) is 0.250. The van der Waals surface area contributed by atoms with Crippen LogP contribution >= 0.6 is 22.9 Å². The molecule has 0 aliphatic rings. The lowest BCUT2D eigenvalue weighted by Crippen LogP contribution is -2.32. The second-order valence-corrected chi connectivity index (χ2v) is 5.65. The van der Waals surface area contributed by atoms with Crippen molar-refractivity contribution in [2.24, 2.45) is 0 Å². The summed E-state index contributed by atoms with van der Waals surface area (Å²) in [5.74, 6) is 0. The molecule has 0 radical (unpaired) electrons. The van der Waals surface area contributed by atoms with Gasteiger partial charge in [0.05, 0.1) is 6.10 Å². The molecule has 106 valence electrons. The van der Waals surface area contributed by atoms with Crippen LogP contribution in [0.3, 0.4) is 0 Å². The van der Waals surface area contributed by atoms with Gasteiger partial charge in [-0.05, 0) is 24.6 Å². The van der Waals surface area contributed by atoms with E-state index >= 15 is 0 Å². The highest BCUT2D eigenvalue weighted by Crippen LogP contribution is 2.17. The minimum atomic E-state index is -0.824. The molecule has 3 N–H and O–H groups in total. The number of nitrogens with one attached hydrogen (secondary N) is 2. The summed E-state index contributed by atoms with van der Waals surface area (Å²) in [5.41, 5.74) is 0.643. The molecule has 0 bridgehead atoms. The first-order valence-electron chi connectivity index (χ1n) is 5.83. The highest BCUT2D eigenvalue weighted by atomic mass is 35.5. The number of anilines is 1. The van der Waals surface area contributed by atoms with Gasteiger partial charge in [-0.25, -0.2) is 4.79 Å². The number of urea groups is 1. The Labute approximate surface area is 124 Å². The van der Waals surface area contributed by atoms with Crippen molar-refractivity contribution < 1.29 is 9.90 Å². The van der Waals surface area contributed by atoms with Crippen LogP contribution in [0.15, 0.2) is 24.3 Å². The van der Waals surface area contributed by atoms with Gasteiger partial charge in [0.15, 0.2) is 0 Å². The van der Waals surface area contributed by atoms with Gasteiger partial charge < -0.3 is 10.4 Å². The fourth-order valence-electron chi connectivity index (χ4n) is 1.51. The standard InChI is InChI=1S/C12H13ClN4O2S/c1-7-16-17-12(20-7)15-11(19)14-6-10(18)8-3-2-4-9(13)5-8/h2-5,10,18H,6H2,1H3,(H2,14,15,17,19)/t10-/m0/s1. The minimum Gasteiger partial charge on any atom is -0.387 e. The number of aliphatic hydroxyl groups is 1. The predicted molar refractivity (Wildman–Crippen MR) is 78.1 cm³/mol. The van der Waals surface area contributed by atoms with Crippen molar-refractivity contribution in [2.45, 2.75) is 13.0 Å². The first-order chi connectivity index (χ1) is 9.54. The average Bonchev–Trinajstić information content (AvgIpc) is 2.81. The minimum absolute atomic E-state index is 0.0734. The van der Waals surface area contributed by atoms with Crippen molar-refractivity contribution in [3.63, 3.8) is 0 Å². The normalized spacial score (nSPS) is 11.9. The molecular weight excluding hydrogens is 300 g/mol. The Morgan fingerprint density at radius 2 is 2.30 bits per heavy atom. The second-order valence-electron chi connectivity index (χ2n) is 4.03. The zero-order chi connectivity index (χ0) is 14.5. The number of hydrogen-bond donors (Lipinski definition) is 3. The van der Waals surface area contributed by atoms with E-state index in [2.05, 4.69) is 20.8 Å². The Morgan fingerprint density at radius 3 is 2.95 bits per heavy atom. The van der Waals surface area contributed by atoms with Crippen molar-refractivity contribution in [2.75, 3.05) is 11.9 Å². The Kier molecular flexibility index (Phi) is 4.89. The number of amides is 2. The Bertz CT molecular complexity index is 605. The molecule has 1 aromatic heterocycles. The van der Waals surface area contributed by atoms with E-state index in [0.29, 0.717) is 15.7 Å². The third-order valence-corrected chi connectivity index (χ3v) is 3.43. The Balaban J connectivity index is 1.84. The van der Waals surface area contributed by atoms with E-state index < -0.39 is 12.1 Å². The van der Waals surface area contributed by atoms with E-state index in [9.17, 15) is 9.90 Å². The number of carbonyl (C=O) groups is 1. The maximum Gasteiger partial charge on any atom is 0.321 e. The third kappa shape index (κ3) is 4.16. The van der Waals surface area contributed by atoms with Crippen LogP contribution < -0.4 is 10.6 Å². The zero-order valence-electron chi connectivity index (χ0n) is 10.6. The maximum atomic E-state index is 11.6. The van der Waals surface area contributed by atoms with Crippen LogP contribution in [0, 0.1) is 6.92 Å². The largest absolute Gasteiger partial charge is 0.387 e. The van der Waals surface area contributed by atoms with Crippen molar-refractivity contribution >= 4 is 34.1 Å². The molecule has 0 unspecified atom stereocenters. The molecule has 2 amide bonds. The summed E-state index contributed by atoms with van der Waals surface area (Å²) in [6.45, 7) is 1.87. The highest BCUT2D eigenvalue weighted by Gasteiger charge is 2.11. The van der Waals surface area contributed by atoms with Crippen molar-refractivity contribution in [1.82, 2.24) is 15.5 Å². The number of carbonyl (C=O) groups excluding carboxylic acids is 1. The smallest absolute Gasteiger partial charge is 0.321 e. The van der Waals surface area contributed by atoms with Gasteiger partial charge in [-0.1, -0.05) is 35.1 Å². The van der Waals surface area contributed by atoms with E-state index in [0.717, 1.165) is 5.01 Å². The Hall–Kier alpha value is -1.70. The number of rotatable bonds is 4. The highest BCUT2D eigenvalue weighted by molar-refractivity contribution is 7.15. The molecule has 0 spiro atoms. The Morgan fingerprint density at radius 1 is 1.50 bits per heavy atom. The summed E-state index contributed by atoms with van der Waals surface area (Å²) in [5, 5.41) is 24.3.